The van der Waals surface area contributed by atoms with Gasteiger partial charge in [-0.15, -0.1) is 0 Å². The van der Waals surface area contributed by atoms with Gasteiger partial charge in [0.1, 0.15) is 17.7 Å². The number of carbonyl (C=O) groups excluding carboxylic acids is 4. The van der Waals surface area contributed by atoms with Gasteiger partial charge in [-0.1, -0.05) is 57.7 Å². The lowest BCUT2D eigenvalue weighted by Gasteiger charge is -2.35. The zero-order valence-corrected chi connectivity index (χ0v) is 25.0. The molecule has 0 saturated carbocycles. The maximum Gasteiger partial charge on any atom is 0.408 e. The third-order valence-electron chi connectivity index (χ3n) is 6.44. The van der Waals surface area contributed by atoms with Crippen molar-refractivity contribution in [2.75, 3.05) is 13.1 Å². The summed E-state index contributed by atoms with van der Waals surface area (Å²) in [6.45, 7) is 14.1. The minimum absolute atomic E-state index is 0.00451. The Kier molecular flexibility index (Phi) is 14.6. The van der Waals surface area contributed by atoms with Gasteiger partial charge in [-0.2, -0.15) is 0 Å². The molecule has 4 amide bonds. The van der Waals surface area contributed by atoms with Crippen molar-refractivity contribution in [1.29, 1.82) is 0 Å². The van der Waals surface area contributed by atoms with E-state index >= 15 is 0 Å². The van der Waals surface area contributed by atoms with Crippen molar-refractivity contribution in [1.82, 2.24) is 15.5 Å². The standard InChI is InChI=1S/C30H50N4O5/c1-8-10-12-18-32-27(36)26(23-15-14-21(3)22(4)20-23)34(19-13-11-9-2)28(37)24(16-17-25(31)35)33-29(38)39-30(5,6)7/h14-15,20,24,26H,8-13,16-19H2,1-7H3,(H2,31,35)(H,32,36)(H,33,38). The average Bonchev–Trinajstić information content (AvgIpc) is 2.84. The van der Waals surface area contributed by atoms with Crippen LogP contribution in [0.1, 0.15) is 109 Å². The molecule has 1 aromatic carbocycles. The summed E-state index contributed by atoms with van der Waals surface area (Å²) < 4.78 is 5.38. The van der Waals surface area contributed by atoms with Crippen LogP contribution in [-0.4, -0.2) is 53.4 Å². The maximum atomic E-state index is 14.1. The van der Waals surface area contributed by atoms with Gasteiger partial charge in [-0.25, -0.2) is 4.79 Å². The first-order valence-electron chi connectivity index (χ1n) is 14.2. The van der Waals surface area contributed by atoms with Crippen LogP contribution in [0.15, 0.2) is 18.2 Å². The van der Waals surface area contributed by atoms with Gasteiger partial charge >= 0.3 is 6.09 Å². The summed E-state index contributed by atoms with van der Waals surface area (Å²) in [6.07, 6.45) is 4.45. The molecule has 220 valence electrons. The van der Waals surface area contributed by atoms with Crippen molar-refractivity contribution >= 4 is 23.8 Å². The number of ether oxygens (including phenoxy) is 1. The Labute approximate surface area is 234 Å². The number of nitrogens with one attached hydrogen (secondary N) is 2. The third-order valence-corrected chi connectivity index (χ3v) is 6.44. The van der Waals surface area contributed by atoms with Gasteiger partial charge in [-0.3, -0.25) is 14.4 Å². The first-order valence-corrected chi connectivity index (χ1v) is 14.2. The van der Waals surface area contributed by atoms with Crippen molar-refractivity contribution in [3.63, 3.8) is 0 Å². The molecular formula is C30H50N4O5. The molecule has 0 radical (unpaired) electrons. The number of nitrogens with two attached hydrogens (primary N) is 1. The number of hydrogen-bond donors (Lipinski definition) is 3. The second-order valence-electron chi connectivity index (χ2n) is 11.2. The molecule has 0 aromatic heterocycles. The Bertz CT molecular complexity index is 957. The predicted octanol–water partition coefficient (Wildman–Crippen LogP) is 4.83. The number of alkyl carbamates (subject to hydrolysis) is 1. The molecule has 1 aromatic rings. The van der Waals surface area contributed by atoms with E-state index in [9.17, 15) is 19.2 Å². The smallest absolute Gasteiger partial charge is 0.408 e. The number of benzene rings is 1. The summed E-state index contributed by atoms with van der Waals surface area (Å²) >= 11 is 0. The quantitative estimate of drug-likeness (QED) is 0.256. The van der Waals surface area contributed by atoms with Crippen molar-refractivity contribution < 1.29 is 23.9 Å². The van der Waals surface area contributed by atoms with Crippen LogP contribution in [0.3, 0.4) is 0 Å². The van der Waals surface area contributed by atoms with E-state index in [4.69, 9.17) is 10.5 Å². The molecule has 39 heavy (non-hydrogen) atoms. The Hall–Kier alpha value is -3.10. The Morgan fingerprint density at radius 2 is 1.62 bits per heavy atom. The van der Waals surface area contributed by atoms with E-state index in [1.165, 1.54) is 4.90 Å². The fraction of sp³-hybridized carbons (Fsp3) is 0.667. The first-order chi connectivity index (χ1) is 18.3. The second kappa shape index (κ2) is 16.8. The van der Waals surface area contributed by atoms with Crippen LogP contribution < -0.4 is 16.4 Å². The maximum absolute atomic E-state index is 14.1. The van der Waals surface area contributed by atoms with Crippen molar-refractivity contribution in [3.05, 3.63) is 34.9 Å². The van der Waals surface area contributed by atoms with Crippen molar-refractivity contribution in [3.8, 4) is 0 Å². The van der Waals surface area contributed by atoms with Gasteiger partial charge < -0.3 is 26.0 Å². The van der Waals surface area contributed by atoms with Gasteiger partial charge in [-0.05, 0) is 70.6 Å². The molecule has 2 unspecified atom stereocenters. The molecule has 2 atom stereocenters. The molecule has 1 rings (SSSR count). The summed E-state index contributed by atoms with van der Waals surface area (Å²) in [4.78, 5) is 53.6. The number of carbonyl (C=O) groups is 4. The number of primary amides is 1. The summed E-state index contributed by atoms with van der Waals surface area (Å²) in [6, 6.07) is 3.77. The number of nitrogens with zero attached hydrogens (tertiary/aromatic N) is 1. The monoisotopic (exact) mass is 546 g/mol. The zero-order chi connectivity index (χ0) is 29.6. The lowest BCUT2D eigenvalue weighted by atomic mass is 9.97. The van der Waals surface area contributed by atoms with Crippen LogP contribution in [0.5, 0.6) is 0 Å². The molecule has 9 heteroatoms. The molecule has 0 bridgehead atoms. The van der Waals surface area contributed by atoms with Gasteiger partial charge in [0.15, 0.2) is 0 Å². The average molecular weight is 547 g/mol. The zero-order valence-electron chi connectivity index (χ0n) is 25.0. The molecule has 0 saturated heterocycles. The Morgan fingerprint density at radius 3 is 2.18 bits per heavy atom. The van der Waals surface area contributed by atoms with E-state index in [2.05, 4.69) is 24.5 Å². The Balaban J connectivity index is 3.49. The second-order valence-corrected chi connectivity index (χ2v) is 11.2. The van der Waals surface area contributed by atoms with Crippen LogP contribution in [-0.2, 0) is 19.1 Å². The fourth-order valence-corrected chi connectivity index (χ4v) is 4.18. The lowest BCUT2D eigenvalue weighted by molar-refractivity contribution is -0.142. The van der Waals surface area contributed by atoms with Crippen LogP contribution >= 0.6 is 0 Å². The number of unbranched alkanes of at least 4 members (excludes halogenated alkanes) is 4. The topological polar surface area (TPSA) is 131 Å². The van der Waals surface area contributed by atoms with Crippen molar-refractivity contribution in [2.24, 2.45) is 5.73 Å². The minimum atomic E-state index is -1.09. The van der Waals surface area contributed by atoms with Gasteiger partial charge in [0.25, 0.3) is 0 Å². The molecule has 0 heterocycles. The highest BCUT2D eigenvalue weighted by molar-refractivity contribution is 5.92. The number of amides is 4. The first kappa shape index (κ1) is 33.9. The van der Waals surface area contributed by atoms with E-state index in [1.807, 2.05) is 32.0 Å². The summed E-state index contributed by atoms with van der Waals surface area (Å²) in [7, 11) is 0. The highest BCUT2D eigenvalue weighted by atomic mass is 16.6. The van der Waals surface area contributed by atoms with E-state index in [1.54, 1.807) is 20.8 Å². The SMILES string of the molecule is CCCCCNC(=O)C(c1ccc(C)c(C)c1)N(CCCCC)C(=O)C(CCC(N)=O)NC(=O)OC(C)(C)C. The van der Waals surface area contributed by atoms with E-state index in [0.29, 0.717) is 25.1 Å². The van der Waals surface area contributed by atoms with E-state index in [-0.39, 0.29) is 18.7 Å². The number of aryl methyl sites for hydroxylation is 2. The van der Waals surface area contributed by atoms with Crippen LogP contribution in [0, 0.1) is 13.8 Å². The van der Waals surface area contributed by atoms with Crippen LogP contribution in [0.2, 0.25) is 0 Å². The van der Waals surface area contributed by atoms with Crippen LogP contribution in [0.25, 0.3) is 0 Å². The normalized spacial score (nSPS) is 12.8. The molecule has 9 nitrogen and oxygen atoms in total. The number of rotatable bonds is 16. The molecule has 0 aliphatic heterocycles. The molecule has 4 N–H and O–H groups in total. The largest absolute Gasteiger partial charge is 0.444 e. The van der Waals surface area contributed by atoms with E-state index < -0.39 is 35.6 Å². The van der Waals surface area contributed by atoms with Crippen LogP contribution in [0.4, 0.5) is 4.79 Å². The van der Waals surface area contributed by atoms with Gasteiger partial charge in [0, 0.05) is 19.5 Å². The molecule has 0 spiro atoms. The summed E-state index contributed by atoms with van der Waals surface area (Å²) in [5.74, 6) is -1.31. The molecule has 0 fully saturated rings. The predicted molar refractivity (Wildman–Crippen MR) is 154 cm³/mol. The Morgan fingerprint density at radius 1 is 0.974 bits per heavy atom. The van der Waals surface area contributed by atoms with E-state index in [0.717, 1.165) is 43.2 Å². The fourth-order valence-electron chi connectivity index (χ4n) is 4.18. The molecule has 0 aliphatic carbocycles. The molecular weight excluding hydrogens is 496 g/mol. The molecule has 0 aliphatic rings. The van der Waals surface area contributed by atoms with Gasteiger partial charge in [0.2, 0.25) is 17.7 Å². The minimum Gasteiger partial charge on any atom is -0.444 e. The summed E-state index contributed by atoms with van der Waals surface area (Å²) in [5, 5.41) is 5.65. The van der Waals surface area contributed by atoms with Gasteiger partial charge in [0.05, 0.1) is 0 Å². The highest BCUT2D eigenvalue weighted by Crippen LogP contribution is 2.26. The number of hydrogen-bond acceptors (Lipinski definition) is 5. The lowest BCUT2D eigenvalue weighted by Crippen LogP contribution is -2.53. The van der Waals surface area contributed by atoms with Crippen molar-refractivity contribution in [2.45, 2.75) is 118 Å². The third kappa shape index (κ3) is 12.5. The highest BCUT2D eigenvalue weighted by Gasteiger charge is 2.36. The summed E-state index contributed by atoms with van der Waals surface area (Å²) in [5.41, 5.74) is 7.39.